The quantitative estimate of drug-likeness (QED) is 0.0368. The number of nitrogens with zero attached hydrogens (tertiary/aromatic N) is 10. The smallest absolute Gasteiger partial charge is 0.232 e. The number of rotatable bonds is 33. The molecule has 0 aliphatic carbocycles. The Morgan fingerprint density at radius 2 is 0.597 bits per heavy atom. The summed E-state index contributed by atoms with van der Waals surface area (Å²) in [6.45, 7) is 67.7. The second-order valence-electron chi connectivity index (χ2n) is 34.5. The molecule has 0 amide bonds. The first kappa shape index (κ1) is 89.1. The summed E-state index contributed by atoms with van der Waals surface area (Å²) >= 11 is 0. The van der Waals surface area contributed by atoms with E-state index < -0.39 is 0 Å². The summed E-state index contributed by atoms with van der Waals surface area (Å²) in [5, 5.41) is 0. The van der Waals surface area contributed by atoms with Crippen LogP contribution in [0.3, 0.4) is 0 Å². The van der Waals surface area contributed by atoms with Crippen LogP contribution in [0.1, 0.15) is 164 Å². The van der Waals surface area contributed by atoms with Crippen molar-refractivity contribution in [3.63, 3.8) is 0 Å². The molecule has 10 heteroatoms. The Morgan fingerprint density at radius 3 is 0.941 bits per heavy atom. The van der Waals surface area contributed by atoms with Gasteiger partial charge in [-0.15, -0.1) is 0 Å². The largest absolute Gasteiger partial charge is 0.250 e. The Bertz CT molecular complexity index is 5430. The first-order chi connectivity index (χ1) is 57.3. The van der Waals surface area contributed by atoms with Gasteiger partial charge >= 0.3 is 0 Å². The van der Waals surface area contributed by atoms with Crippen LogP contribution in [-0.2, 0) is 58.4 Å². The maximum absolute atomic E-state index is 4.14. The van der Waals surface area contributed by atoms with Crippen molar-refractivity contribution in [1.29, 1.82) is 0 Å². The van der Waals surface area contributed by atoms with Gasteiger partial charge < -0.3 is 0 Å². The van der Waals surface area contributed by atoms with Crippen LogP contribution in [0.2, 0.25) is 0 Å². The van der Waals surface area contributed by atoms with Gasteiger partial charge in [-0.25, -0.2) is 32.0 Å². The van der Waals surface area contributed by atoms with Gasteiger partial charge in [0.2, 0.25) is 31.6 Å². The van der Waals surface area contributed by atoms with Crippen LogP contribution in [0.4, 0.5) is 0 Å². The average Bonchev–Trinajstić information content (AvgIpc) is 1.64. The molecule has 0 bridgehead atoms. The topological polar surface area (TPSA) is 44.0 Å². The van der Waals surface area contributed by atoms with Gasteiger partial charge in [0.15, 0.2) is 34.2 Å². The Labute approximate surface area is 713 Å². The summed E-state index contributed by atoms with van der Waals surface area (Å²) in [5.41, 5.74) is 28.1. The second kappa shape index (κ2) is 42.7. The molecular weight excluding hydrogens is 1450 g/mol. The lowest BCUT2D eigenvalue weighted by atomic mass is 9.98. The Morgan fingerprint density at radius 1 is 0.286 bits per heavy atom. The van der Waals surface area contributed by atoms with Gasteiger partial charge in [0.05, 0.1) is 32.0 Å². The number of hydrogen-bond donors (Lipinski definition) is 0. The molecule has 0 saturated heterocycles. The normalized spacial score (nSPS) is 11.2. The SMILES string of the molecule is C=Cc1ccc(-c2c(-c3ccc(C=C)cc3)[n+](CC(C)C)cn2-c2ccc(CC(C)C)cc2)cc1.C=Cc1ccc(-c2c(C=C)[n+](CC(C)C)cn2-c2ccc(CC(C)C)cc2)cc1.C=Cc1ccc(-c2c(C=C)n(-c3ccc(CC(C)C)cc3)c[n+]2CC(C)C)cc1.C=Cn1cc[n+](Cc2cc(CC(C)C)cc(C[n+]3ccn(C=C)c3)c2)c1. The summed E-state index contributed by atoms with van der Waals surface area (Å²) < 4.78 is 22.3. The van der Waals surface area contributed by atoms with E-state index in [1.807, 2.05) is 58.0 Å². The van der Waals surface area contributed by atoms with Crippen LogP contribution in [0, 0.1) is 41.4 Å². The summed E-state index contributed by atoms with van der Waals surface area (Å²) in [6, 6.07) is 68.5. The van der Waals surface area contributed by atoms with Gasteiger partial charge in [-0.2, -0.15) is 13.7 Å². The molecule has 0 fully saturated rings. The fourth-order valence-corrected chi connectivity index (χ4v) is 15.5. The average molecular weight is 1580 g/mol. The Hall–Kier alpha value is -12.3. The number of aromatic nitrogens is 10. The molecule has 10 nitrogen and oxygen atoms in total. The second-order valence-corrected chi connectivity index (χ2v) is 34.5. The van der Waals surface area contributed by atoms with E-state index in [1.54, 1.807) is 12.4 Å². The molecule has 0 unspecified atom stereocenters. The predicted molar refractivity (Wildman–Crippen MR) is 506 cm³/mol. The van der Waals surface area contributed by atoms with Gasteiger partial charge in [0.1, 0.15) is 54.9 Å². The van der Waals surface area contributed by atoms with Crippen molar-refractivity contribution in [1.82, 2.24) is 22.8 Å². The molecule has 0 aliphatic rings. The zero-order chi connectivity index (χ0) is 85.4. The maximum Gasteiger partial charge on any atom is 0.250 e. The highest BCUT2D eigenvalue weighted by atomic mass is 15.2. The molecule has 0 N–H and O–H groups in total. The zero-order valence-corrected chi connectivity index (χ0v) is 73.7. The van der Waals surface area contributed by atoms with Crippen molar-refractivity contribution < 1.29 is 22.8 Å². The van der Waals surface area contributed by atoms with Gasteiger partial charge in [-0.1, -0.05) is 271 Å². The van der Waals surface area contributed by atoms with Crippen LogP contribution in [-0.4, -0.2) is 22.8 Å². The summed E-state index contributed by atoms with van der Waals surface area (Å²) in [6.07, 6.45) is 38.5. The molecule has 0 aliphatic heterocycles. The first-order valence-electron chi connectivity index (χ1n) is 42.7. The minimum absolute atomic E-state index is 0.520. The van der Waals surface area contributed by atoms with Crippen LogP contribution in [0.25, 0.3) is 111 Å². The lowest BCUT2D eigenvalue weighted by Crippen LogP contribution is -2.37. The highest BCUT2D eigenvalue weighted by molar-refractivity contribution is 5.79. The van der Waals surface area contributed by atoms with E-state index in [1.165, 1.54) is 95.5 Å². The molecule has 5 heterocycles. The highest BCUT2D eigenvalue weighted by Crippen LogP contribution is 2.35. The first-order valence-corrected chi connectivity index (χ1v) is 42.7. The highest BCUT2D eigenvalue weighted by Gasteiger charge is 2.30. The summed E-state index contributed by atoms with van der Waals surface area (Å²) in [7, 11) is 0. The van der Waals surface area contributed by atoms with Gasteiger partial charge in [-0.05, 0) is 226 Å². The standard InChI is InChI=1S/C33H37N2.2C27H33N2.C22H28N4/c1-7-26-9-15-29(16-10-26)32-33(30-17-11-27(8-2)12-18-30)35(23-34(32)22-25(5)6)31-19-13-28(14-20-31)21-24(3)4;1-7-22-9-13-24(14-10-22)27-26(8-2)29(19-28(27)18-21(5)6)25-15-11-23(12-16-25)17-20(3)4;1-7-22-9-13-24(14-10-22)27-26(8-2)28(18-21(5)6)19-29(27)25-15-11-23(12-16-25)17-20(3)4;1-5-23-7-9-25(17-23)15-21-12-20(11-19(3)4)13-22(14-21)16-26-10-8-24(6-2)18-26/h7-20,23-25H,1-2,21-22H2,3-6H3;2*7-16,19-21H,1-2,17-18H2,3-6H3;5-10,12-14,17-19H,1-2,11,15-16H2,3-4H3/q3*+1;+2. The number of hydrogen-bond acceptors (Lipinski definition) is 0. The van der Waals surface area contributed by atoms with Crippen molar-refractivity contribution >= 4 is 48.9 Å². The third-order valence-electron chi connectivity index (χ3n) is 20.8. The maximum atomic E-state index is 4.14. The third-order valence-corrected chi connectivity index (χ3v) is 20.8. The molecule has 13 aromatic rings. The molecule has 13 rings (SSSR count). The van der Waals surface area contributed by atoms with Crippen LogP contribution in [0.15, 0.2) is 297 Å². The van der Waals surface area contributed by atoms with E-state index in [9.17, 15) is 0 Å². The molecule has 119 heavy (non-hydrogen) atoms. The van der Waals surface area contributed by atoms with E-state index in [-0.39, 0.29) is 0 Å². The van der Waals surface area contributed by atoms with Crippen LogP contribution in [0.5, 0.6) is 0 Å². The lowest BCUT2D eigenvalue weighted by Gasteiger charge is -2.10. The van der Waals surface area contributed by atoms with Crippen molar-refractivity contribution in [2.75, 3.05) is 0 Å². The fourth-order valence-electron chi connectivity index (χ4n) is 15.5. The van der Waals surface area contributed by atoms with Crippen molar-refractivity contribution in [3.8, 4) is 62.1 Å². The molecule has 5 aromatic heterocycles. The van der Waals surface area contributed by atoms with Crippen molar-refractivity contribution in [2.24, 2.45) is 41.4 Å². The van der Waals surface area contributed by atoms with Gasteiger partial charge in [-0.3, -0.25) is 0 Å². The molecule has 0 spiro atoms. The Balaban J connectivity index is 0.000000168. The fraction of sp³-hybridized carbons (Fsp3) is 0.275. The summed E-state index contributed by atoms with van der Waals surface area (Å²) in [4.78, 5) is 0. The molecular formula is C109H131N10+5. The minimum atomic E-state index is 0.520. The van der Waals surface area contributed by atoms with Gasteiger partial charge in [0.25, 0.3) is 0 Å². The van der Waals surface area contributed by atoms with E-state index in [4.69, 9.17) is 0 Å². The number of imidazole rings is 5. The van der Waals surface area contributed by atoms with Gasteiger partial charge in [0, 0.05) is 22.3 Å². The van der Waals surface area contributed by atoms with Crippen molar-refractivity contribution in [3.05, 3.63) is 364 Å². The monoisotopic (exact) mass is 1580 g/mol. The van der Waals surface area contributed by atoms with E-state index in [2.05, 4.69) is 418 Å². The molecule has 0 radical (unpaired) electrons. The minimum Gasteiger partial charge on any atom is -0.232 e. The Kier molecular flexibility index (Phi) is 32.0. The predicted octanol–water partition coefficient (Wildman–Crippen LogP) is 24.7. The van der Waals surface area contributed by atoms with E-state index in [0.717, 1.165) is 92.0 Å². The van der Waals surface area contributed by atoms with E-state index in [0.29, 0.717) is 41.4 Å². The summed E-state index contributed by atoms with van der Waals surface area (Å²) in [5.74, 6) is 4.23. The molecule has 8 aromatic carbocycles. The third kappa shape index (κ3) is 24.4. The zero-order valence-electron chi connectivity index (χ0n) is 73.7. The van der Waals surface area contributed by atoms with Crippen molar-refractivity contribution in [2.45, 2.75) is 155 Å². The number of benzene rings is 8. The van der Waals surface area contributed by atoms with Crippen LogP contribution < -0.4 is 22.8 Å². The van der Waals surface area contributed by atoms with Crippen LogP contribution >= 0.6 is 0 Å². The van der Waals surface area contributed by atoms with E-state index >= 15 is 0 Å². The molecule has 0 atom stereocenters. The molecule has 612 valence electrons. The molecule has 0 saturated carbocycles. The lowest BCUT2D eigenvalue weighted by molar-refractivity contribution is -0.702.